The number of carbonyl (C=O) groups excluding carboxylic acids is 1. The minimum atomic E-state index is -0.192. The van der Waals surface area contributed by atoms with Crippen LogP contribution in [-0.4, -0.2) is 35.4 Å². The molecule has 1 saturated heterocycles. The number of rotatable bonds is 3. The van der Waals surface area contributed by atoms with Gasteiger partial charge in [-0.25, -0.2) is 0 Å². The van der Waals surface area contributed by atoms with Gasteiger partial charge in [-0.3, -0.25) is 9.59 Å². The molecule has 0 radical (unpaired) electrons. The molecule has 3 N–H and O–H groups in total. The zero-order valence-electron chi connectivity index (χ0n) is 13.2. The minimum Gasteiger partial charge on any atom is -0.338 e. The molecule has 0 bridgehead atoms. The quantitative estimate of drug-likeness (QED) is 0.901. The number of nitrogens with two attached hydrogens (primary N) is 1. The van der Waals surface area contributed by atoms with Gasteiger partial charge in [-0.1, -0.05) is 30.3 Å². The Balaban J connectivity index is 1.84. The van der Waals surface area contributed by atoms with Crippen molar-refractivity contribution in [2.75, 3.05) is 19.6 Å². The van der Waals surface area contributed by atoms with E-state index in [0.717, 1.165) is 0 Å². The number of hydrogen-bond acceptors (Lipinski definition) is 3. The van der Waals surface area contributed by atoms with Crippen LogP contribution in [0.4, 0.5) is 0 Å². The largest absolute Gasteiger partial charge is 0.338 e. The molecule has 5 heteroatoms. The molecule has 3 rings (SSSR count). The maximum atomic E-state index is 12.8. The van der Waals surface area contributed by atoms with Gasteiger partial charge in [0.1, 0.15) is 0 Å². The summed E-state index contributed by atoms with van der Waals surface area (Å²) in [6.07, 6.45) is 1.51. The monoisotopic (exact) mass is 311 g/mol. The molecule has 1 aromatic carbocycles. The summed E-state index contributed by atoms with van der Waals surface area (Å²) in [4.78, 5) is 28.5. The number of likely N-dealkylation sites (tertiary alicyclic amines) is 1. The lowest BCUT2D eigenvalue weighted by Gasteiger charge is -2.17. The van der Waals surface area contributed by atoms with Gasteiger partial charge in [0.15, 0.2) is 0 Å². The summed E-state index contributed by atoms with van der Waals surface area (Å²) < 4.78 is 0. The molecule has 0 unspecified atom stereocenters. The zero-order chi connectivity index (χ0) is 16.4. The first-order chi connectivity index (χ1) is 11.1. The molecule has 0 aliphatic carbocycles. The van der Waals surface area contributed by atoms with Gasteiger partial charge in [-0.2, -0.15) is 0 Å². The van der Waals surface area contributed by atoms with Crippen molar-refractivity contribution in [2.45, 2.75) is 12.8 Å². The van der Waals surface area contributed by atoms with Crippen LogP contribution in [0.2, 0.25) is 0 Å². The van der Waals surface area contributed by atoms with Crippen LogP contribution in [0.15, 0.2) is 47.4 Å². The van der Waals surface area contributed by atoms with Crippen molar-refractivity contribution in [1.82, 2.24) is 9.88 Å². The van der Waals surface area contributed by atoms with Crippen LogP contribution < -0.4 is 11.3 Å². The second-order valence-electron chi connectivity index (χ2n) is 6.12. The van der Waals surface area contributed by atoms with Gasteiger partial charge in [0.25, 0.3) is 5.91 Å². The number of H-pyrrole nitrogens is 1. The minimum absolute atomic E-state index is 0.0457. The molecule has 23 heavy (non-hydrogen) atoms. The first kappa shape index (κ1) is 15.5. The van der Waals surface area contributed by atoms with Crippen LogP contribution in [0.5, 0.6) is 0 Å². The maximum Gasteiger partial charge on any atom is 0.255 e. The molecule has 1 fully saturated rings. The van der Waals surface area contributed by atoms with Crippen molar-refractivity contribution in [1.29, 1.82) is 0 Å². The van der Waals surface area contributed by atoms with Crippen molar-refractivity contribution in [2.24, 2.45) is 11.7 Å². The van der Waals surface area contributed by atoms with E-state index < -0.39 is 0 Å². The zero-order valence-corrected chi connectivity index (χ0v) is 13.2. The molecular formula is C18H21N3O2. The molecule has 2 aromatic rings. The van der Waals surface area contributed by atoms with Crippen molar-refractivity contribution in [3.05, 3.63) is 69.6 Å². The third-order valence-electron chi connectivity index (χ3n) is 4.62. The average Bonchev–Trinajstić information content (AvgIpc) is 2.99. The summed E-state index contributed by atoms with van der Waals surface area (Å²) in [7, 11) is 0. The highest BCUT2D eigenvalue weighted by Crippen LogP contribution is 2.32. The number of nitrogens with zero attached hydrogens (tertiary/aromatic N) is 1. The van der Waals surface area contributed by atoms with Gasteiger partial charge in [0, 0.05) is 31.3 Å². The lowest BCUT2D eigenvalue weighted by molar-refractivity contribution is 0.0785. The molecular weight excluding hydrogens is 290 g/mol. The van der Waals surface area contributed by atoms with E-state index in [-0.39, 0.29) is 23.3 Å². The molecule has 120 valence electrons. The number of pyridine rings is 1. The van der Waals surface area contributed by atoms with Gasteiger partial charge in [-0.15, -0.1) is 0 Å². The van der Waals surface area contributed by atoms with Crippen LogP contribution in [0.1, 0.15) is 27.4 Å². The van der Waals surface area contributed by atoms with Gasteiger partial charge < -0.3 is 15.6 Å². The predicted molar refractivity (Wildman–Crippen MR) is 89.4 cm³/mol. The number of aromatic nitrogens is 1. The Bertz CT molecular complexity index is 754. The van der Waals surface area contributed by atoms with Crippen molar-refractivity contribution < 1.29 is 4.79 Å². The molecule has 2 atom stereocenters. The van der Waals surface area contributed by atoms with E-state index in [4.69, 9.17) is 5.73 Å². The molecule has 1 aliphatic heterocycles. The van der Waals surface area contributed by atoms with Crippen LogP contribution in [0, 0.1) is 12.8 Å². The second kappa shape index (κ2) is 6.38. The molecule has 5 nitrogen and oxygen atoms in total. The average molecular weight is 311 g/mol. The topological polar surface area (TPSA) is 79.2 Å². The molecule has 1 aliphatic rings. The fourth-order valence-corrected chi connectivity index (χ4v) is 3.33. The molecule has 0 spiro atoms. The number of carbonyl (C=O) groups is 1. The first-order valence-corrected chi connectivity index (χ1v) is 7.83. The molecule has 2 heterocycles. The summed E-state index contributed by atoms with van der Waals surface area (Å²) in [5, 5.41) is 0. The number of nitrogens with one attached hydrogen (secondary N) is 1. The molecule has 1 aromatic heterocycles. The SMILES string of the molecule is Cc1cc(=O)[nH]cc1C(=O)N1C[C@@H](CN)[C@H](c2ccccc2)C1. The van der Waals surface area contributed by atoms with Crippen LogP contribution in [0.3, 0.4) is 0 Å². The maximum absolute atomic E-state index is 12.8. The highest BCUT2D eigenvalue weighted by Gasteiger charge is 2.35. The molecule has 1 amide bonds. The smallest absolute Gasteiger partial charge is 0.255 e. The van der Waals surface area contributed by atoms with Crippen LogP contribution >= 0.6 is 0 Å². The van der Waals surface area contributed by atoms with E-state index in [2.05, 4.69) is 17.1 Å². The van der Waals surface area contributed by atoms with E-state index in [1.807, 2.05) is 23.1 Å². The lowest BCUT2D eigenvalue weighted by atomic mass is 9.89. The third-order valence-corrected chi connectivity index (χ3v) is 4.62. The lowest BCUT2D eigenvalue weighted by Crippen LogP contribution is -2.31. The summed E-state index contributed by atoms with van der Waals surface area (Å²) in [6.45, 7) is 3.64. The van der Waals surface area contributed by atoms with Gasteiger partial charge >= 0.3 is 0 Å². The predicted octanol–water partition coefficient (Wildman–Crippen LogP) is 1.50. The Kier molecular flexibility index (Phi) is 4.30. The number of aryl methyl sites for hydroxylation is 1. The third kappa shape index (κ3) is 3.05. The number of hydrogen-bond donors (Lipinski definition) is 2. The highest BCUT2D eigenvalue weighted by atomic mass is 16.2. The fraction of sp³-hybridized carbons (Fsp3) is 0.333. The summed E-state index contributed by atoms with van der Waals surface area (Å²) in [5.41, 5.74) is 8.20. The number of benzene rings is 1. The Morgan fingerprint density at radius 2 is 2.04 bits per heavy atom. The van der Waals surface area contributed by atoms with Crippen molar-refractivity contribution in [3.63, 3.8) is 0 Å². The van der Waals surface area contributed by atoms with Crippen LogP contribution in [0.25, 0.3) is 0 Å². The van der Waals surface area contributed by atoms with E-state index >= 15 is 0 Å². The Labute approximate surface area is 135 Å². The highest BCUT2D eigenvalue weighted by molar-refractivity contribution is 5.95. The van der Waals surface area contributed by atoms with Gasteiger partial charge in [0.05, 0.1) is 5.56 Å². The van der Waals surface area contributed by atoms with E-state index in [1.54, 1.807) is 6.92 Å². The standard InChI is InChI=1S/C18H21N3O2/c1-12-7-17(22)20-9-15(12)18(23)21-10-14(8-19)16(11-21)13-5-3-2-4-6-13/h2-7,9,14,16H,8,10-11,19H2,1H3,(H,20,22)/t14-,16+/m1/s1. The second-order valence-corrected chi connectivity index (χ2v) is 6.12. The Morgan fingerprint density at radius 3 is 2.70 bits per heavy atom. The van der Waals surface area contributed by atoms with Crippen LogP contribution in [-0.2, 0) is 0 Å². The summed E-state index contributed by atoms with van der Waals surface area (Å²) >= 11 is 0. The van der Waals surface area contributed by atoms with Crippen molar-refractivity contribution in [3.8, 4) is 0 Å². The summed E-state index contributed by atoms with van der Waals surface area (Å²) in [5.74, 6) is 0.466. The van der Waals surface area contributed by atoms with E-state index in [1.165, 1.54) is 17.8 Å². The number of amides is 1. The fourth-order valence-electron chi connectivity index (χ4n) is 3.33. The van der Waals surface area contributed by atoms with Gasteiger partial charge in [0.2, 0.25) is 5.56 Å². The molecule has 0 saturated carbocycles. The van der Waals surface area contributed by atoms with E-state index in [9.17, 15) is 9.59 Å². The normalized spacial score (nSPS) is 20.7. The van der Waals surface area contributed by atoms with E-state index in [0.29, 0.717) is 30.8 Å². The van der Waals surface area contributed by atoms with Crippen molar-refractivity contribution >= 4 is 5.91 Å². The summed E-state index contributed by atoms with van der Waals surface area (Å²) in [6, 6.07) is 11.7. The van der Waals surface area contributed by atoms with Gasteiger partial charge in [-0.05, 0) is 30.5 Å². The first-order valence-electron chi connectivity index (χ1n) is 7.83. The number of aromatic amines is 1. The Hall–Kier alpha value is -2.40. The Morgan fingerprint density at radius 1 is 1.30 bits per heavy atom.